The molecule has 0 aliphatic heterocycles. The lowest BCUT2D eigenvalue weighted by Crippen LogP contribution is -2.19. The third-order valence-corrected chi connectivity index (χ3v) is 6.18. The Labute approximate surface area is 217 Å². The van der Waals surface area contributed by atoms with Gasteiger partial charge in [0.2, 0.25) is 0 Å². The van der Waals surface area contributed by atoms with E-state index in [0.29, 0.717) is 46.1 Å². The van der Waals surface area contributed by atoms with Crippen LogP contribution in [0.5, 0.6) is 11.5 Å². The average molecular weight is 510 g/mol. The molecule has 5 heterocycles. The lowest BCUT2D eigenvalue weighted by atomic mass is 10.1. The number of benzene rings is 1. The zero-order valence-electron chi connectivity index (χ0n) is 20.7. The number of hydrogen-bond acceptors (Lipinski definition) is 7. The molecule has 0 spiro atoms. The largest absolute Gasteiger partial charge is 0.506 e. The van der Waals surface area contributed by atoms with E-state index in [1.54, 1.807) is 24.5 Å². The molecule has 0 saturated carbocycles. The minimum Gasteiger partial charge on any atom is -0.506 e. The van der Waals surface area contributed by atoms with Crippen LogP contribution in [0.15, 0.2) is 67.1 Å². The number of nitrogens with one attached hydrogen (secondary N) is 2. The summed E-state index contributed by atoms with van der Waals surface area (Å²) in [5.41, 5.74) is 6.20. The number of likely N-dealkylation sites (N-methyl/N-ethyl adjacent to an activating group) is 1. The molecule has 0 amide bonds. The summed E-state index contributed by atoms with van der Waals surface area (Å²) in [5.74, 6) is 0.123. The van der Waals surface area contributed by atoms with Crippen molar-refractivity contribution >= 4 is 21.9 Å². The maximum absolute atomic E-state index is 14.5. The predicted molar refractivity (Wildman–Crippen MR) is 143 cm³/mol. The number of hydrogen-bond donors (Lipinski definition) is 3. The van der Waals surface area contributed by atoms with E-state index in [9.17, 15) is 9.50 Å². The summed E-state index contributed by atoms with van der Waals surface area (Å²) in [6.07, 6.45) is 4.70. The van der Waals surface area contributed by atoms with Gasteiger partial charge in [-0.05, 0) is 56.6 Å². The fourth-order valence-electron chi connectivity index (χ4n) is 4.36. The minimum absolute atomic E-state index is 0.0658. The van der Waals surface area contributed by atoms with Crippen LogP contribution in [0, 0.1) is 5.82 Å². The van der Waals surface area contributed by atoms with E-state index >= 15 is 0 Å². The van der Waals surface area contributed by atoms with E-state index in [0.717, 1.165) is 28.7 Å². The summed E-state index contributed by atoms with van der Waals surface area (Å²) >= 11 is 0. The number of halogens is 1. The summed E-state index contributed by atoms with van der Waals surface area (Å²) in [5, 5.41) is 18.2. The highest BCUT2D eigenvalue weighted by Gasteiger charge is 2.17. The fraction of sp³-hybridized carbons (Fsp3) is 0.143. The minimum atomic E-state index is -0.395. The van der Waals surface area contributed by atoms with Crippen molar-refractivity contribution in [2.75, 3.05) is 27.2 Å². The topological polar surface area (TPSA) is 116 Å². The molecule has 0 aliphatic rings. The second kappa shape index (κ2) is 9.56. The molecule has 6 rings (SSSR count). The van der Waals surface area contributed by atoms with Crippen LogP contribution < -0.4 is 4.74 Å². The van der Waals surface area contributed by atoms with Gasteiger partial charge in [-0.25, -0.2) is 9.37 Å². The highest BCUT2D eigenvalue weighted by Crippen LogP contribution is 2.34. The molecule has 9 nitrogen and oxygen atoms in total. The Hall–Kier alpha value is -4.83. The van der Waals surface area contributed by atoms with Crippen molar-refractivity contribution < 1.29 is 14.2 Å². The number of pyridine rings is 3. The lowest BCUT2D eigenvalue weighted by Gasteiger charge is -2.12. The van der Waals surface area contributed by atoms with E-state index in [1.807, 2.05) is 43.3 Å². The van der Waals surface area contributed by atoms with Crippen molar-refractivity contribution in [3.05, 3.63) is 72.9 Å². The Bertz CT molecular complexity index is 1780. The van der Waals surface area contributed by atoms with Crippen LogP contribution in [0.4, 0.5) is 4.39 Å². The molecule has 10 heteroatoms. The molecule has 1 aromatic carbocycles. The van der Waals surface area contributed by atoms with Gasteiger partial charge in [0.25, 0.3) is 0 Å². The van der Waals surface area contributed by atoms with E-state index in [2.05, 4.69) is 25.1 Å². The summed E-state index contributed by atoms with van der Waals surface area (Å²) in [4.78, 5) is 18.8. The van der Waals surface area contributed by atoms with Crippen molar-refractivity contribution in [3.63, 3.8) is 0 Å². The smallest absolute Gasteiger partial charge is 0.135 e. The standard InChI is InChI=1S/C28H24FN7O2/c1-36(2)7-8-38-20-11-16(9-18(29)12-20)26-21-13-25(32-23(21)5-6-31-26)28-27-24(34-35-28)4-3-22(33-27)17-10-19(37)15-30-14-17/h3-6,9-15,32,37H,7-8H2,1-2H3,(H,34,35). The summed E-state index contributed by atoms with van der Waals surface area (Å²) in [6, 6.07) is 13.8. The normalized spacial score (nSPS) is 11.6. The van der Waals surface area contributed by atoms with Crippen molar-refractivity contribution in [2.45, 2.75) is 0 Å². The molecule has 0 unspecified atom stereocenters. The fourth-order valence-corrected chi connectivity index (χ4v) is 4.36. The van der Waals surface area contributed by atoms with Crippen molar-refractivity contribution in [2.24, 2.45) is 0 Å². The maximum atomic E-state index is 14.5. The second-order valence-corrected chi connectivity index (χ2v) is 9.23. The monoisotopic (exact) mass is 509 g/mol. The molecule has 3 N–H and O–H groups in total. The van der Waals surface area contributed by atoms with Gasteiger partial charge >= 0.3 is 0 Å². The van der Waals surface area contributed by atoms with Crippen LogP contribution in [0.3, 0.4) is 0 Å². The quantitative estimate of drug-likeness (QED) is 0.277. The Morgan fingerprint density at radius 1 is 0.974 bits per heavy atom. The molecule has 0 saturated heterocycles. The number of fused-ring (bicyclic) bond motifs is 2. The lowest BCUT2D eigenvalue weighted by molar-refractivity contribution is 0.260. The summed E-state index contributed by atoms with van der Waals surface area (Å²) in [6.45, 7) is 1.16. The first kappa shape index (κ1) is 23.6. The van der Waals surface area contributed by atoms with Gasteiger partial charge in [0, 0.05) is 47.0 Å². The molecular formula is C28H24FN7O2. The highest BCUT2D eigenvalue weighted by atomic mass is 19.1. The van der Waals surface area contributed by atoms with Gasteiger partial charge < -0.3 is 19.7 Å². The molecule has 5 aromatic heterocycles. The van der Waals surface area contributed by atoms with Gasteiger partial charge in [-0.1, -0.05) is 0 Å². The van der Waals surface area contributed by atoms with Crippen molar-refractivity contribution in [3.8, 4) is 45.4 Å². The average Bonchev–Trinajstić information content (AvgIpc) is 3.51. The zero-order valence-corrected chi connectivity index (χ0v) is 20.7. The highest BCUT2D eigenvalue weighted by molar-refractivity contribution is 5.99. The Balaban J connectivity index is 1.40. The van der Waals surface area contributed by atoms with Crippen LogP contribution in [0.25, 0.3) is 55.8 Å². The number of aromatic amines is 2. The number of aromatic hydroxyl groups is 1. The summed E-state index contributed by atoms with van der Waals surface area (Å²) in [7, 11) is 3.91. The van der Waals surface area contributed by atoms with Crippen molar-refractivity contribution in [1.29, 1.82) is 0 Å². The third kappa shape index (κ3) is 4.53. The first-order chi connectivity index (χ1) is 18.4. The molecule has 0 atom stereocenters. The molecule has 6 aromatic rings. The van der Waals surface area contributed by atoms with Gasteiger partial charge in [0.15, 0.2) is 0 Å². The van der Waals surface area contributed by atoms with E-state index < -0.39 is 5.82 Å². The van der Waals surface area contributed by atoms with Crippen molar-refractivity contribution in [1.82, 2.24) is 35.0 Å². The molecular weight excluding hydrogens is 485 g/mol. The van der Waals surface area contributed by atoms with Crippen LogP contribution >= 0.6 is 0 Å². The van der Waals surface area contributed by atoms with Gasteiger partial charge in [-0.15, -0.1) is 0 Å². The van der Waals surface area contributed by atoms with Gasteiger partial charge in [-0.3, -0.25) is 15.1 Å². The molecule has 190 valence electrons. The Morgan fingerprint density at radius 3 is 2.71 bits per heavy atom. The number of aromatic nitrogens is 6. The third-order valence-electron chi connectivity index (χ3n) is 6.18. The van der Waals surface area contributed by atoms with E-state index in [1.165, 1.54) is 18.3 Å². The second-order valence-electron chi connectivity index (χ2n) is 9.23. The predicted octanol–water partition coefficient (Wildman–Crippen LogP) is 5.02. The van der Waals surface area contributed by atoms with Gasteiger partial charge in [-0.2, -0.15) is 5.10 Å². The van der Waals surface area contributed by atoms with Gasteiger partial charge in [0.1, 0.15) is 35.1 Å². The van der Waals surface area contributed by atoms with E-state index in [4.69, 9.17) is 9.72 Å². The van der Waals surface area contributed by atoms with Crippen LogP contribution in [0.2, 0.25) is 0 Å². The Kier molecular flexibility index (Phi) is 5.93. The number of ether oxygens (including phenoxy) is 1. The number of nitrogens with zero attached hydrogens (tertiary/aromatic N) is 5. The molecule has 0 bridgehead atoms. The van der Waals surface area contributed by atoms with Crippen LogP contribution in [-0.4, -0.2) is 67.4 Å². The SMILES string of the molecule is CN(C)CCOc1cc(F)cc(-c2nccc3[nH]c(-c4n[nH]c5ccc(-c6cncc(O)c6)nc45)cc23)c1. The number of H-pyrrole nitrogens is 2. The van der Waals surface area contributed by atoms with Crippen LogP contribution in [-0.2, 0) is 0 Å². The molecule has 0 fully saturated rings. The van der Waals surface area contributed by atoms with E-state index in [-0.39, 0.29) is 5.75 Å². The Morgan fingerprint density at radius 2 is 1.87 bits per heavy atom. The first-order valence-electron chi connectivity index (χ1n) is 12.0. The number of rotatable bonds is 7. The maximum Gasteiger partial charge on any atom is 0.135 e. The summed E-state index contributed by atoms with van der Waals surface area (Å²) < 4.78 is 20.3. The molecule has 0 radical (unpaired) electrons. The first-order valence-corrected chi connectivity index (χ1v) is 12.0. The van der Waals surface area contributed by atoms with Crippen LogP contribution in [0.1, 0.15) is 0 Å². The molecule has 0 aliphatic carbocycles. The molecule has 38 heavy (non-hydrogen) atoms. The zero-order chi connectivity index (χ0) is 26.2. The van der Waals surface area contributed by atoms with Gasteiger partial charge in [0.05, 0.1) is 28.8 Å².